The summed E-state index contributed by atoms with van der Waals surface area (Å²) in [5, 5.41) is 3.43. The third-order valence-electron chi connectivity index (χ3n) is 3.07. The normalized spacial score (nSPS) is 30.1. The number of ether oxygens (including phenoxy) is 2. The molecule has 3 heteroatoms. The minimum atomic E-state index is -0.431. The molecule has 0 spiro atoms. The fraction of sp³-hybridized carbons (Fsp3) is 0.538. The zero-order valence-electron chi connectivity index (χ0n) is 10.1. The van der Waals surface area contributed by atoms with Gasteiger partial charge in [0, 0.05) is 12.1 Å². The molecule has 16 heavy (non-hydrogen) atoms. The molecule has 1 aliphatic rings. The first kappa shape index (κ1) is 11.4. The Balaban J connectivity index is 2.28. The number of para-hydroxylation sites is 1. The molecule has 1 N–H and O–H groups in total. The van der Waals surface area contributed by atoms with E-state index in [2.05, 4.69) is 19.2 Å². The highest BCUT2D eigenvalue weighted by molar-refractivity contribution is 5.37. The lowest BCUT2D eigenvalue weighted by Gasteiger charge is -2.38. The van der Waals surface area contributed by atoms with Crippen molar-refractivity contribution in [3.05, 3.63) is 29.8 Å². The van der Waals surface area contributed by atoms with E-state index in [1.807, 2.05) is 24.3 Å². The second-order valence-electron chi connectivity index (χ2n) is 4.53. The minimum absolute atomic E-state index is 0.431. The Morgan fingerprint density at radius 2 is 2.19 bits per heavy atom. The minimum Gasteiger partial charge on any atom is -0.496 e. The monoisotopic (exact) mass is 221 g/mol. The highest BCUT2D eigenvalue weighted by Gasteiger charge is 2.34. The maximum Gasteiger partial charge on any atom is 0.146 e. The molecule has 1 saturated heterocycles. The summed E-state index contributed by atoms with van der Waals surface area (Å²) in [5.41, 5.74) is 0.628. The third kappa shape index (κ3) is 2.06. The first-order chi connectivity index (χ1) is 7.65. The van der Waals surface area contributed by atoms with Crippen molar-refractivity contribution >= 4 is 0 Å². The molecular formula is C13H19NO2. The van der Waals surface area contributed by atoms with Crippen molar-refractivity contribution in [2.75, 3.05) is 20.3 Å². The lowest BCUT2D eigenvalue weighted by atomic mass is 10.00. The SMILES string of the molecule is COc1ccccc1C1(C)NCC(C)CO1. The quantitative estimate of drug-likeness (QED) is 0.829. The highest BCUT2D eigenvalue weighted by Crippen LogP contribution is 2.32. The van der Waals surface area contributed by atoms with Gasteiger partial charge in [-0.1, -0.05) is 25.1 Å². The summed E-state index contributed by atoms with van der Waals surface area (Å²) in [5.74, 6) is 1.43. The van der Waals surface area contributed by atoms with Crippen LogP contribution < -0.4 is 10.1 Å². The first-order valence-electron chi connectivity index (χ1n) is 5.68. The van der Waals surface area contributed by atoms with E-state index in [9.17, 15) is 0 Å². The molecule has 2 rings (SSSR count). The standard InChI is InChI=1S/C13H19NO2/c1-10-8-14-13(2,16-9-10)11-6-4-5-7-12(11)15-3/h4-7,10,14H,8-9H2,1-3H3. The highest BCUT2D eigenvalue weighted by atomic mass is 16.5. The Kier molecular flexibility index (Phi) is 3.17. The van der Waals surface area contributed by atoms with Gasteiger partial charge < -0.3 is 9.47 Å². The van der Waals surface area contributed by atoms with Crippen LogP contribution in [0.3, 0.4) is 0 Å². The summed E-state index contributed by atoms with van der Waals surface area (Å²) < 4.78 is 11.3. The molecule has 88 valence electrons. The van der Waals surface area contributed by atoms with E-state index in [0.717, 1.165) is 24.5 Å². The van der Waals surface area contributed by atoms with Gasteiger partial charge in [-0.15, -0.1) is 0 Å². The van der Waals surface area contributed by atoms with Gasteiger partial charge in [0.1, 0.15) is 11.5 Å². The van der Waals surface area contributed by atoms with Gasteiger partial charge in [-0.3, -0.25) is 5.32 Å². The molecule has 0 radical (unpaired) electrons. The van der Waals surface area contributed by atoms with Crippen LogP contribution >= 0.6 is 0 Å². The third-order valence-corrected chi connectivity index (χ3v) is 3.07. The molecule has 1 heterocycles. The molecule has 1 aliphatic heterocycles. The maximum absolute atomic E-state index is 5.92. The zero-order chi connectivity index (χ0) is 11.6. The number of rotatable bonds is 2. The second-order valence-corrected chi connectivity index (χ2v) is 4.53. The Morgan fingerprint density at radius 3 is 2.81 bits per heavy atom. The van der Waals surface area contributed by atoms with Crippen molar-refractivity contribution in [2.45, 2.75) is 19.6 Å². The summed E-state index contributed by atoms with van der Waals surface area (Å²) in [6.45, 7) is 5.97. The lowest BCUT2D eigenvalue weighted by Crippen LogP contribution is -2.50. The van der Waals surface area contributed by atoms with Crippen LogP contribution in [-0.4, -0.2) is 20.3 Å². The molecule has 1 fully saturated rings. The van der Waals surface area contributed by atoms with Crippen LogP contribution in [0.4, 0.5) is 0 Å². The van der Waals surface area contributed by atoms with Crippen LogP contribution in [0.5, 0.6) is 5.75 Å². The Bertz CT molecular complexity index is 357. The maximum atomic E-state index is 5.92. The van der Waals surface area contributed by atoms with Gasteiger partial charge in [0.2, 0.25) is 0 Å². The molecule has 0 amide bonds. The fourth-order valence-electron chi connectivity index (χ4n) is 2.00. The van der Waals surface area contributed by atoms with E-state index >= 15 is 0 Å². The van der Waals surface area contributed by atoms with Gasteiger partial charge in [-0.05, 0) is 18.9 Å². The summed E-state index contributed by atoms with van der Waals surface area (Å²) in [6, 6.07) is 7.98. The average Bonchev–Trinajstić information content (AvgIpc) is 2.33. The molecule has 1 aromatic rings. The second kappa shape index (κ2) is 4.44. The summed E-state index contributed by atoms with van der Waals surface area (Å²) in [7, 11) is 1.69. The molecule has 2 atom stereocenters. The van der Waals surface area contributed by atoms with E-state index in [-0.39, 0.29) is 0 Å². The number of hydrogen-bond donors (Lipinski definition) is 1. The number of benzene rings is 1. The van der Waals surface area contributed by atoms with Crippen LogP contribution in [0, 0.1) is 5.92 Å². The summed E-state index contributed by atoms with van der Waals surface area (Å²) in [6.07, 6.45) is 0. The van der Waals surface area contributed by atoms with E-state index in [1.54, 1.807) is 7.11 Å². The Hall–Kier alpha value is -1.06. The number of methoxy groups -OCH3 is 1. The van der Waals surface area contributed by atoms with E-state index in [4.69, 9.17) is 9.47 Å². The van der Waals surface area contributed by atoms with Crippen molar-refractivity contribution in [3.8, 4) is 5.75 Å². The summed E-state index contributed by atoms with van der Waals surface area (Å²) >= 11 is 0. The van der Waals surface area contributed by atoms with Crippen molar-refractivity contribution < 1.29 is 9.47 Å². The van der Waals surface area contributed by atoms with Gasteiger partial charge in [0.15, 0.2) is 0 Å². The smallest absolute Gasteiger partial charge is 0.146 e. The summed E-state index contributed by atoms with van der Waals surface area (Å²) in [4.78, 5) is 0. The lowest BCUT2D eigenvalue weighted by molar-refractivity contribution is -0.107. The van der Waals surface area contributed by atoms with Gasteiger partial charge in [-0.25, -0.2) is 0 Å². The molecule has 0 saturated carbocycles. The predicted molar refractivity (Wildman–Crippen MR) is 63.5 cm³/mol. The van der Waals surface area contributed by atoms with Crippen molar-refractivity contribution in [1.82, 2.24) is 5.32 Å². The number of hydrogen-bond acceptors (Lipinski definition) is 3. The van der Waals surface area contributed by atoms with Crippen LogP contribution in [0.2, 0.25) is 0 Å². The predicted octanol–water partition coefficient (Wildman–Crippen LogP) is 2.12. The largest absolute Gasteiger partial charge is 0.496 e. The molecule has 1 aromatic carbocycles. The first-order valence-corrected chi connectivity index (χ1v) is 5.68. The Labute approximate surface area is 96.8 Å². The van der Waals surface area contributed by atoms with Gasteiger partial charge in [0.25, 0.3) is 0 Å². The zero-order valence-corrected chi connectivity index (χ0v) is 10.1. The topological polar surface area (TPSA) is 30.5 Å². The number of nitrogens with one attached hydrogen (secondary N) is 1. The van der Waals surface area contributed by atoms with Crippen molar-refractivity contribution in [3.63, 3.8) is 0 Å². The van der Waals surface area contributed by atoms with E-state index < -0.39 is 5.72 Å². The van der Waals surface area contributed by atoms with Gasteiger partial charge in [0.05, 0.1) is 13.7 Å². The molecular weight excluding hydrogens is 202 g/mol. The van der Waals surface area contributed by atoms with Crippen LogP contribution in [0.25, 0.3) is 0 Å². The van der Waals surface area contributed by atoms with Crippen molar-refractivity contribution in [2.24, 2.45) is 5.92 Å². The van der Waals surface area contributed by atoms with E-state index in [1.165, 1.54) is 0 Å². The molecule has 0 aromatic heterocycles. The van der Waals surface area contributed by atoms with Gasteiger partial charge >= 0.3 is 0 Å². The molecule has 3 nitrogen and oxygen atoms in total. The van der Waals surface area contributed by atoms with Crippen LogP contribution in [0.1, 0.15) is 19.4 Å². The molecule has 2 unspecified atom stereocenters. The van der Waals surface area contributed by atoms with E-state index in [0.29, 0.717) is 5.92 Å². The van der Waals surface area contributed by atoms with Crippen molar-refractivity contribution in [1.29, 1.82) is 0 Å². The fourth-order valence-corrected chi connectivity index (χ4v) is 2.00. The van der Waals surface area contributed by atoms with Gasteiger partial charge in [-0.2, -0.15) is 0 Å². The van der Waals surface area contributed by atoms with Crippen LogP contribution in [-0.2, 0) is 10.5 Å². The van der Waals surface area contributed by atoms with Crippen LogP contribution in [0.15, 0.2) is 24.3 Å². The molecule has 0 aliphatic carbocycles. The average molecular weight is 221 g/mol. The molecule has 0 bridgehead atoms. The Morgan fingerprint density at radius 1 is 1.44 bits per heavy atom.